The minimum absolute atomic E-state index is 0.101. The zero-order valence-corrected chi connectivity index (χ0v) is 13.5. The third-order valence-corrected chi connectivity index (χ3v) is 3.81. The van der Waals surface area contributed by atoms with Crippen molar-refractivity contribution < 1.29 is 14.3 Å². The number of amides is 1. The number of aromatic nitrogens is 1. The topological polar surface area (TPSA) is 60.5 Å². The third kappa shape index (κ3) is 3.74. The van der Waals surface area contributed by atoms with E-state index in [0.717, 1.165) is 11.3 Å². The zero-order chi connectivity index (χ0) is 16.2. The molecule has 0 bridgehead atoms. The van der Waals surface area contributed by atoms with E-state index in [9.17, 15) is 4.79 Å². The third-order valence-electron chi connectivity index (χ3n) is 3.53. The Kier molecular flexibility index (Phi) is 4.67. The Morgan fingerprint density at radius 2 is 2.17 bits per heavy atom. The first-order valence-electron chi connectivity index (χ1n) is 7.42. The van der Waals surface area contributed by atoms with Gasteiger partial charge in [0, 0.05) is 6.20 Å². The van der Waals surface area contributed by atoms with E-state index in [0.29, 0.717) is 29.7 Å². The molecule has 0 spiro atoms. The molecule has 2 heterocycles. The standard InChI is InChI=1S/C17H17ClN2O3/c1-11(14-4-2-3-5-19-14)20-16(21)10-12-8-13(18)17-15(9-12)22-6-7-23-17/h2-5,8-9,11H,6-7,10H2,1H3,(H,20,21)/t11-/m0/s1. The Hall–Kier alpha value is -2.27. The van der Waals surface area contributed by atoms with Crippen LogP contribution >= 0.6 is 11.6 Å². The molecule has 1 aromatic heterocycles. The predicted octanol–water partition coefficient (Wildman–Crippen LogP) is 2.93. The van der Waals surface area contributed by atoms with Crippen molar-refractivity contribution in [1.82, 2.24) is 10.3 Å². The number of carbonyl (C=O) groups excluding carboxylic acids is 1. The number of halogens is 1. The Labute approximate surface area is 139 Å². The molecule has 0 aliphatic carbocycles. The van der Waals surface area contributed by atoms with Gasteiger partial charge in [-0.15, -0.1) is 0 Å². The number of pyridine rings is 1. The van der Waals surface area contributed by atoms with Crippen molar-refractivity contribution in [2.45, 2.75) is 19.4 Å². The lowest BCUT2D eigenvalue weighted by atomic mass is 10.1. The predicted molar refractivity (Wildman–Crippen MR) is 86.9 cm³/mol. The van der Waals surface area contributed by atoms with Crippen LogP contribution in [0.15, 0.2) is 36.5 Å². The maximum absolute atomic E-state index is 12.2. The molecular weight excluding hydrogens is 316 g/mol. The van der Waals surface area contributed by atoms with Crippen molar-refractivity contribution in [3.8, 4) is 11.5 Å². The molecule has 0 saturated heterocycles. The molecule has 1 N–H and O–H groups in total. The molecule has 0 unspecified atom stereocenters. The van der Waals surface area contributed by atoms with Gasteiger partial charge < -0.3 is 14.8 Å². The zero-order valence-electron chi connectivity index (χ0n) is 12.7. The van der Waals surface area contributed by atoms with E-state index in [1.807, 2.05) is 25.1 Å². The van der Waals surface area contributed by atoms with Crippen molar-refractivity contribution in [2.75, 3.05) is 13.2 Å². The molecular formula is C17H17ClN2O3. The molecule has 0 saturated carbocycles. The smallest absolute Gasteiger partial charge is 0.224 e. The van der Waals surface area contributed by atoms with Crippen LogP contribution in [0.4, 0.5) is 0 Å². The summed E-state index contributed by atoms with van der Waals surface area (Å²) in [5, 5.41) is 3.39. The molecule has 23 heavy (non-hydrogen) atoms. The van der Waals surface area contributed by atoms with Gasteiger partial charge in [-0.25, -0.2) is 0 Å². The first-order chi connectivity index (χ1) is 11.1. The number of carbonyl (C=O) groups is 1. The number of nitrogens with zero attached hydrogens (tertiary/aromatic N) is 1. The van der Waals surface area contributed by atoms with Gasteiger partial charge >= 0.3 is 0 Å². The summed E-state index contributed by atoms with van der Waals surface area (Å²) in [6, 6.07) is 8.99. The van der Waals surface area contributed by atoms with Gasteiger partial charge in [0.15, 0.2) is 11.5 Å². The fourth-order valence-electron chi connectivity index (χ4n) is 2.45. The molecule has 1 aromatic carbocycles. The summed E-state index contributed by atoms with van der Waals surface area (Å²) < 4.78 is 11.0. The van der Waals surface area contributed by atoms with Crippen molar-refractivity contribution in [2.24, 2.45) is 0 Å². The average Bonchev–Trinajstić information content (AvgIpc) is 2.55. The van der Waals surface area contributed by atoms with Crippen LogP contribution in [0.2, 0.25) is 5.02 Å². The van der Waals surface area contributed by atoms with Gasteiger partial charge in [0.05, 0.1) is 23.2 Å². The van der Waals surface area contributed by atoms with Crippen LogP contribution in [0.25, 0.3) is 0 Å². The summed E-state index contributed by atoms with van der Waals surface area (Å²) in [4.78, 5) is 16.5. The highest BCUT2D eigenvalue weighted by atomic mass is 35.5. The molecule has 1 aliphatic rings. The van der Waals surface area contributed by atoms with E-state index < -0.39 is 0 Å². The molecule has 1 amide bonds. The van der Waals surface area contributed by atoms with Crippen LogP contribution in [-0.4, -0.2) is 24.1 Å². The molecule has 0 fully saturated rings. The second kappa shape index (κ2) is 6.87. The molecule has 0 radical (unpaired) electrons. The number of benzene rings is 1. The Balaban J connectivity index is 1.67. The van der Waals surface area contributed by atoms with Crippen molar-refractivity contribution in [3.63, 3.8) is 0 Å². The van der Waals surface area contributed by atoms with Crippen molar-refractivity contribution in [3.05, 3.63) is 52.8 Å². The summed E-state index contributed by atoms with van der Waals surface area (Å²) in [5.41, 5.74) is 1.60. The second-order valence-electron chi connectivity index (χ2n) is 5.32. The lowest BCUT2D eigenvalue weighted by Gasteiger charge is -2.20. The van der Waals surface area contributed by atoms with Crippen LogP contribution in [-0.2, 0) is 11.2 Å². The highest BCUT2D eigenvalue weighted by Gasteiger charge is 2.18. The maximum Gasteiger partial charge on any atom is 0.224 e. The minimum atomic E-state index is -0.156. The van der Waals surface area contributed by atoms with Crippen LogP contribution in [0.1, 0.15) is 24.2 Å². The Morgan fingerprint density at radius 3 is 2.96 bits per heavy atom. The Bertz CT molecular complexity index is 706. The van der Waals surface area contributed by atoms with Crippen molar-refractivity contribution in [1.29, 1.82) is 0 Å². The Morgan fingerprint density at radius 1 is 1.35 bits per heavy atom. The van der Waals surface area contributed by atoms with E-state index in [1.165, 1.54) is 0 Å². The summed E-state index contributed by atoms with van der Waals surface area (Å²) in [6.45, 7) is 2.86. The molecule has 1 aliphatic heterocycles. The van der Waals surface area contributed by atoms with Gasteiger partial charge in [0.1, 0.15) is 13.2 Å². The minimum Gasteiger partial charge on any atom is -0.486 e. The van der Waals surface area contributed by atoms with E-state index >= 15 is 0 Å². The molecule has 6 heteroatoms. The summed E-state index contributed by atoms with van der Waals surface area (Å²) in [5.74, 6) is 1.03. The van der Waals surface area contributed by atoms with Gasteiger partial charge in [-0.2, -0.15) is 0 Å². The SMILES string of the molecule is C[C@H](NC(=O)Cc1cc(Cl)c2c(c1)OCCO2)c1ccccn1. The van der Waals surface area contributed by atoms with Crippen molar-refractivity contribution >= 4 is 17.5 Å². The quantitative estimate of drug-likeness (QED) is 0.935. The van der Waals surface area contributed by atoms with Crippen LogP contribution in [0.3, 0.4) is 0 Å². The molecule has 5 nitrogen and oxygen atoms in total. The number of nitrogens with one attached hydrogen (secondary N) is 1. The number of rotatable bonds is 4. The fraction of sp³-hybridized carbons (Fsp3) is 0.294. The van der Waals surface area contributed by atoms with Gasteiger partial charge in [-0.05, 0) is 36.8 Å². The summed E-state index contributed by atoms with van der Waals surface area (Å²) in [6.07, 6.45) is 1.92. The normalized spacial score (nSPS) is 14.2. The number of hydrogen-bond acceptors (Lipinski definition) is 4. The van der Waals surface area contributed by atoms with Crippen LogP contribution in [0, 0.1) is 0 Å². The highest BCUT2D eigenvalue weighted by Crippen LogP contribution is 2.38. The number of hydrogen-bond donors (Lipinski definition) is 1. The summed E-state index contributed by atoms with van der Waals surface area (Å²) in [7, 11) is 0. The van der Waals surface area contributed by atoms with Gasteiger partial charge in [0.2, 0.25) is 5.91 Å². The lowest BCUT2D eigenvalue weighted by Crippen LogP contribution is -2.28. The average molecular weight is 333 g/mol. The maximum atomic E-state index is 12.2. The van der Waals surface area contributed by atoms with Crippen LogP contribution in [0.5, 0.6) is 11.5 Å². The molecule has 1 atom stereocenters. The van der Waals surface area contributed by atoms with Gasteiger partial charge in [-0.1, -0.05) is 17.7 Å². The van der Waals surface area contributed by atoms with Gasteiger partial charge in [0.25, 0.3) is 0 Å². The van der Waals surface area contributed by atoms with E-state index in [4.69, 9.17) is 21.1 Å². The fourth-order valence-corrected chi connectivity index (χ4v) is 2.74. The summed E-state index contributed by atoms with van der Waals surface area (Å²) >= 11 is 6.19. The number of fused-ring (bicyclic) bond motifs is 1. The monoisotopic (exact) mass is 332 g/mol. The van der Waals surface area contributed by atoms with E-state index in [1.54, 1.807) is 18.3 Å². The van der Waals surface area contributed by atoms with E-state index in [-0.39, 0.29) is 18.4 Å². The number of ether oxygens (including phenoxy) is 2. The van der Waals surface area contributed by atoms with Gasteiger partial charge in [-0.3, -0.25) is 9.78 Å². The first kappa shape index (κ1) is 15.6. The largest absolute Gasteiger partial charge is 0.486 e. The van der Waals surface area contributed by atoms with E-state index in [2.05, 4.69) is 10.3 Å². The second-order valence-corrected chi connectivity index (χ2v) is 5.73. The van der Waals surface area contributed by atoms with Crippen LogP contribution < -0.4 is 14.8 Å². The molecule has 120 valence electrons. The molecule has 3 rings (SSSR count). The lowest BCUT2D eigenvalue weighted by molar-refractivity contribution is -0.121. The molecule has 2 aromatic rings. The highest BCUT2D eigenvalue weighted by molar-refractivity contribution is 6.32. The first-order valence-corrected chi connectivity index (χ1v) is 7.79.